The van der Waals surface area contributed by atoms with Gasteiger partial charge in [0.2, 0.25) is 21.8 Å². The first-order valence-electron chi connectivity index (χ1n) is 7.54. The number of hydrogen-bond acceptors (Lipinski definition) is 4. The number of piperazine rings is 1. The van der Waals surface area contributed by atoms with Crippen molar-refractivity contribution in [3.05, 3.63) is 0 Å². The highest BCUT2D eigenvalue weighted by molar-refractivity contribution is 7.88. The SMILES string of the molecule is CC(C)(C)N1CC(C(=O)N2CCN(S(C)(=O)=O)CC2)CC1=O. The molecule has 8 heteroatoms. The highest BCUT2D eigenvalue weighted by Gasteiger charge is 2.41. The number of rotatable bonds is 2. The molecule has 2 aliphatic rings. The molecule has 1 unspecified atom stereocenters. The van der Waals surface area contributed by atoms with Crippen LogP contribution < -0.4 is 0 Å². The zero-order chi connectivity index (χ0) is 16.7. The van der Waals surface area contributed by atoms with Crippen molar-refractivity contribution in [2.75, 3.05) is 39.0 Å². The third-order valence-corrected chi connectivity index (χ3v) is 5.61. The summed E-state index contributed by atoms with van der Waals surface area (Å²) >= 11 is 0. The molecule has 0 radical (unpaired) electrons. The number of carbonyl (C=O) groups excluding carboxylic acids is 2. The third-order valence-electron chi connectivity index (χ3n) is 4.30. The van der Waals surface area contributed by atoms with Gasteiger partial charge in [0.15, 0.2) is 0 Å². The third kappa shape index (κ3) is 3.60. The Balaban J connectivity index is 1.96. The predicted octanol–water partition coefficient (Wildman–Crippen LogP) is -0.263. The van der Waals surface area contributed by atoms with Gasteiger partial charge in [-0.25, -0.2) is 8.42 Å². The molecule has 2 amide bonds. The molecule has 2 heterocycles. The number of sulfonamides is 1. The van der Waals surface area contributed by atoms with Crippen LogP contribution in [0.4, 0.5) is 0 Å². The van der Waals surface area contributed by atoms with Crippen LogP contribution in [-0.2, 0) is 19.6 Å². The summed E-state index contributed by atoms with van der Waals surface area (Å²) in [4.78, 5) is 28.1. The molecule has 126 valence electrons. The molecule has 7 nitrogen and oxygen atoms in total. The van der Waals surface area contributed by atoms with E-state index in [9.17, 15) is 18.0 Å². The largest absolute Gasteiger partial charge is 0.340 e. The molecular formula is C14H25N3O4S. The van der Waals surface area contributed by atoms with Gasteiger partial charge < -0.3 is 9.80 Å². The smallest absolute Gasteiger partial charge is 0.228 e. The topological polar surface area (TPSA) is 78.0 Å². The van der Waals surface area contributed by atoms with E-state index in [2.05, 4.69) is 0 Å². The van der Waals surface area contributed by atoms with Crippen LogP contribution in [0.25, 0.3) is 0 Å². The molecule has 0 aromatic carbocycles. The average Bonchev–Trinajstić information content (AvgIpc) is 2.79. The van der Waals surface area contributed by atoms with Gasteiger partial charge in [0, 0.05) is 44.7 Å². The Morgan fingerprint density at radius 3 is 2.09 bits per heavy atom. The van der Waals surface area contributed by atoms with E-state index in [-0.39, 0.29) is 29.7 Å². The molecule has 0 N–H and O–H groups in total. The van der Waals surface area contributed by atoms with Crippen molar-refractivity contribution >= 4 is 21.8 Å². The maximum Gasteiger partial charge on any atom is 0.228 e. The minimum atomic E-state index is -3.20. The summed E-state index contributed by atoms with van der Waals surface area (Å²) in [5.41, 5.74) is -0.277. The van der Waals surface area contributed by atoms with Crippen molar-refractivity contribution in [2.45, 2.75) is 32.7 Å². The Labute approximate surface area is 132 Å². The molecule has 1 atom stereocenters. The lowest BCUT2D eigenvalue weighted by molar-refractivity contribution is -0.137. The van der Waals surface area contributed by atoms with E-state index >= 15 is 0 Å². The summed E-state index contributed by atoms with van der Waals surface area (Å²) in [6, 6.07) is 0. The lowest BCUT2D eigenvalue weighted by Crippen LogP contribution is -2.52. The van der Waals surface area contributed by atoms with E-state index < -0.39 is 10.0 Å². The highest BCUT2D eigenvalue weighted by atomic mass is 32.2. The van der Waals surface area contributed by atoms with Crippen molar-refractivity contribution in [3.63, 3.8) is 0 Å². The van der Waals surface area contributed by atoms with Gasteiger partial charge in [-0.3, -0.25) is 9.59 Å². The quantitative estimate of drug-likeness (QED) is 0.698. The minimum absolute atomic E-state index is 0.0145. The second-order valence-electron chi connectivity index (χ2n) is 7.06. The van der Waals surface area contributed by atoms with Crippen LogP contribution in [0.15, 0.2) is 0 Å². The van der Waals surface area contributed by atoms with Gasteiger partial charge in [0.25, 0.3) is 0 Å². The summed E-state index contributed by atoms with van der Waals surface area (Å²) in [6.45, 7) is 7.78. The summed E-state index contributed by atoms with van der Waals surface area (Å²) in [6.07, 6.45) is 1.43. The van der Waals surface area contributed by atoms with Crippen molar-refractivity contribution in [1.82, 2.24) is 14.1 Å². The van der Waals surface area contributed by atoms with Gasteiger partial charge in [-0.15, -0.1) is 0 Å². The summed E-state index contributed by atoms with van der Waals surface area (Å²) < 4.78 is 24.4. The second kappa shape index (κ2) is 5.81. The zero-order valence-corrected chi connectivity index (χ0v) is 14.5. The van der Waals surface area contributed by atoms with Gasteiger partial charge in [-0.2, -0.15) is 4.31 Å². The first kappa shape index (κ1) is 17.2. The molecule has 0 saturated carbocycles. The molecular weight excluding hydrogens is 306 g/mol. The van der Waals surface area contributed by atoms with Crippen LogP contribution in [0.1, 0.15) is 27.2 Å². The van der Waals surface area contributed by atoms with Crippen LogP contribution >= 0.6 is 0 Å². The monoisotopic (exact) mass is 331 g/mol. The molecule has 22 heavy (non-hydrogen) atoms. The number of hydrogen-bond donors (Lipinski definition) is 0. The van der Waals surface area contributed by atoms with E-state index in [4.69, 9.17) is 0 Å². The summed E-state index contributed by atoms with van der Waals surface area (Å²) in [5.74, 6) is -0.328. The van der Waals surface area contributed by atoms with Gasteiger partial charge in [0.1, 0.15) is 0 Å². The molecule has 0 spiro atoms. The highest BCUT2D eigenvalue weighted by Crippen LogP contribution is 2.27. The van der Waals surface area contributed by atoms with E-state index in [1.165, 1.54) is 10.6 Å². The maximum absolute atomic E-state index is 12.6. The van der Waals surface area contributed by atoms with Crippen LogP contribution in [0.2, 0.25) is 0 Å². The summed E-state index contributed by atoms with van der Waals surface area (Å²) in [7, 11) is -3.20. The molecule has 2 saturated heterocycles. The summed E-state index contributed by atoms with van der Waals surface area (Å²) in [5, 5.41) is 0. The van der Waals surface area contributed by atoms with Crippen molar-refractivity contribution < 1.29 is 18.0 Å². The Kier molecular flexibility index (Phi) is 4.54. The van der Waals surface area contributed by atoms with Crippen LogP contribution in [-0.4, -0.2) is 78.9 Å². The fourth-order valence-corrected chi connectivity index (χ4v) is 3.85. The number of likely N-dealkylation sites (tertiary alicyclic amines) is 1. The van der Waals surface area contributed by atoms with Crippen molar-refractivity contribution in [1.29, 1.82) is 0 Å². The van der Waals surface area contributed by atoms with E-state index in [1.807, 2.05) is 20.8 Å². The zero-order valence-electron chi connectivity index (χ0n) is 13.7. The fourth-order valence-electron chi connectivity index (χ4n) is 3.02. The Hall–Kier alpha value is -1.15. The lowest BCUT2D eigenvalue weighted by Gasteiger charge is -2.35. The number of carbonyl (C=O) groups is 2. The lowest BCUT2D eigenvalue weighted by atomic mass is 10.1. The Bertz CT molecular complexity index is 559. The molecule has 2 aliphatic heterocycles. The first-order chi connectivity index (χ1) is 10.00. The molecule has 0 aromatic rings. The number of amides is 2. The van der Waals surface area contributed by atoms with E-state index in [0.717, 1.165) is 0 Å². The first-order valence-corrected chi connectivity index (χ1v) is 9.39. The molecule has 0 aromatic heterocycles. The average molecular weight is 331 g/mol. The molecule has 0 aliphatic carbocycles. The molecule has 0 bridgehead atoms. The predicted molar refractivity (Wildman–Crippen MR) is 82.6 cm³/mol. The van der Waals surface area contributed by atoms with E-state index in [0.29, 0.717) is 32.7 Å². The second-order valence-corrected chi connectivity index (χ2v) is 9.05. The Morgan fingerprint density at radius 2 is 1.68 bits per heavy atom. The molecule has 2 rings (SSSR count). The van der Waals surface area contributed by atoms with E-state index in [1.54, 1.807) is 9.80 Å². The standard InChI is InChI=1S/C14H25N3O4S/c1-14(2,3)17-10-11(9-12(17)18)13(19)15-5-7-16(8-6-15)22(4,20)21/h11H,5-10H2,1-4H3. The minimum Gasteiger partial charge on any atom is -0.340 e. The van der Waals surface area contributed by atoms with Gasteiger partial charge >= 0.3 is 0 Å². The van der Waals surface area contributed by atoms with Crippen LogP contribution in [0.5, 0.6) is 0 Å². The van der Waals surface area contributed by atoms with Gasteiger partial charge in [-0.1, -0.05) is 0 Å². The fraction of sp³-hybridized carbons (Fsp3) is 0.857. The van der Waals surface area contributed by atoms with Crippen molar-refractivity contribution in [2.24, 2.45) is 5.92 Å². The van der Waals surface area contributed by atoms with Crippen LogP contribution in [0, 0.1) is 5.92 Å². The normalized spacial score (nSPS) is 24.9. The van der Waals surface area contributed by atoms with Gasteiger partial charge in [-0.05, 0) is 20.8 Å². The Morgan fingerprint density at radius 1 is 1.14 bits per heavy atom. The van der Waals surface area contributed by atoms with Crippen LogP contribution in [0.3, 0.4) is 0 Å². The molecule has 2 fully saturated rings. The van der Waals surface area contributed by atoms with Crippen molar-refractivity contribution in [3.8, 4) is 0 Å². The van der Waals surface area contributed by atoms with Gasteiger partial charge in [0.05, 0.1) is 12.2 Å². The number of nitrogens with zero attached hydrogens (tertiary/aromatic N) is 3. The maximum atomic E-state index is 12.6.